The molecule has 0 aliphatic heterocycles. The summed E-state index contributed by atoms with van der Waals surface area (Å²) in [6.45, 7) is 6.52. The first-order valence-corrected chi connectivity index (χ1v) is 8.28. The summed E-state index contributed by atoms with van der Waals surface area (Å²) in [5, 5.41) is 2.96. The molecule has 18 heavy (non-hydrogen) atoms. The largest absolute Gasteiger partial charge is 0.339 e. The standard InChI is InChI=1S/C12H24N2O3S/c1-5-14(10-6-7-10)11(15)8-13-9-12(2,3)18(4,16)17/h10,13H,5-9H2,1-4H3. The number of amides is 1. The zero-order chi connectivity index (χ0) is 14.0. The van der Waals surface area contributed by atoms with Gasteiger partial charge in [0.05, 0.1) is 11.3 Å². The molecule has 1 saturated carbocycles. The van der Waals surface area contributed by atoms with Crippen LogP contribution < -0.4 is 5.32 Å². The lowest BCUT2D eigenvalue weighted by atomic mass is 10.2. The molecule has 106 valence electrons. The van der Waals surface area contributed by atoms with Crippen LogP contribution in [-0.4, -0.2) is 55.9 Å². The molecule has 0 spiro atoms. The fourth-order valence-corrected chi connectivity index (χ4v) is 2.09. The van der Waals surface area contributed by atoms with Crippen molar-refractivity contribution < 1.29 is 13.2 Å². The number of carbonyl (C=O) groups excluding carboxylic acids is 1. The first-order chi connectivity index (χ1) is 8.19. The number of rotatable bonds is 7. The molecule has 1 aliphatic carbocycles. The SMILES string of the molecule is CCN(C(=O)CNCC(C)(C)S(C)(=O)=O)C1CC1. The van der Waals surface area contributed by atoms with Gasteiger partial charge in [-0.25, -0.2) is 8.42 Å². The summed E-state index contributed by atoms with van der Waals surface area (Å²) in [6.07, 6.45) is 3.40. The first-order valence-electron chi connectivity index (χ1n) is 6.39. The Balaban J connectivity index is 2.39. The number of carbonyl (C=O) groups is 1. The Bertz CT molecular complexity index is 400. The van der Waals surface area contributed by atoms with Crippen LogP contribution in [-0.2, 0) is 14.6 Å². The normalized spacial score (nSPS) is 16.7. The van der Waals surface area contributed by atoms with Crippen molar-refractivity contribution in [3.8, 4) is 0 Å². The Morgan fingerprint density at radius 3 is 2.33 bits per heavy atom. The van der Waals surface area contributed by atoms with Crippen LogP contribution in [0.5, 0.6) is 0 Å². The summed E-state index contributed by atoms with van der Waals surface area (Å²) in [5.41, 5.74) is 0. The van der Waals surface area contributed by atoms with Gasteiger partial charge in [-0.15, -0.1) is 0 Å². The van der Waals surface area contributed by atoms with Crippen LogP contribution in [0.3, 0.4) is 0 Å². The maximum Gasteiger partial charge on any atom is 0.236 e. The van der Waals surface area contributed by atoms with Crippen molar-refractivity contribution in [2.75, 3.05) is 25.9 Å². The monoisotopic (exact) mass is 276 g/mol. The number of nitrogens with zero attached hydrogens (tertiary/aromatic N) is 1. The molecule has 1 N–H and O–H groups in total. The molecule has 5 nitrogen and oxygen atoms in total. The van der Waals surface area contributed by atoms with Crippen LogP contribution >= 0.6 is 0 Å². The Kier molecular flexibility index (Phi) is 4.78. The number of sulfone groups is 1. The molecule has 1 amide bonds. The van der Waals surface area contributed by atoms with Gasteiger partial charge in [-0.3, -0.25) is 4.79 Å². The fraction of sp³-hybridized carbons (Fsp3) is 0.917. The predicted molar refractivity (Wildman–Crippen MR) is 72.2 cm³/mol. The van der Waals surface area contributed by atoms with Gasteiger partial charge >= 0.3 is 0 Å². The van der Waals surface area contributed by atoms with E-state index < -0.39 is 14.6 Å². The van der Waals surface area contributed by atoms with E-state index in [1.807, 2.05) is 11.8 Å². The highest BCUT2D eigenvalue weighted by molar-refractivity contribution is 7.92. The van der Waals surface area contributed by atoms with Crippen molar-refractivity contribution in [3.05, 3.63) is 0 Å². The van der Waals surface area contributed by atoms with E-state index in [9.17, 15) is 13.2 Å². The zero-order valence-electron chi connectivity index (χ0n) is 11.7. The molecule has 0 saturated heterocycles. The summed E-state index contributed by atoms with van der Waals surface area (Å²) in [6, 6.07) is 0.409. The van der Waals surface area contributed by atoms with Gasteiger partial charge in [0, 0.05) is 25.4 Å². The second-order valence-corrected chi connectivity index (χ2v) is 8.20. The van der Waals surface area contributed by atoms with Gasteiger partial charge in [0.1, 0.15) is 0 Å². The van der Waals surface area contributed by atoms with Crippen molar-refractivity contribution >= 4 is 15.7 Å². The lowest BCUT2D eigenvalue weighted by Gasteiger charge is -2.24. The van der Waals surface area contributed by atoms with E-state index in [4.69, 9.17) is 0 Å². The summed E-state index contributed by atoms with van der Waals surface area (Å²) >= 11 is 0. The van der Waals surface area contributed by atoms with Gasteiger partial charge in [0.2, 0.25) is 5.91 Å². The highest BCUT2D eigenvalue weighted by Gasteiger charge is 2.32. The van der Waals surface area contributed by atoms with E-state index in [1.165, 1.54) is 6.26 Å². The van der Waals surface area contributed by atoms with E-state index in [1.54, 1.807) is 13.8 Å². The van der Waals surface area contributed by atoms with Gasteiger partial charge in [-0.1, -0.05) is 0 Å². The van der Waals surface area contributed by atoms with Crippen molar-refractivity contribution in [2.45, 2.75) is 44.4 Å². The zero-order valence-corrected chi connectivity index (χ0v) is 12.5. The quantitative estimate of drug-likeness (QED) is 0.731. The van der Waals surface area contributed by atoms with Gasteiger partial charge in [-0.05, 0) is 33.6 Å². The lowest BCUT2D eigenvalue weighted by Crippen LogP contribution is -2.46. The van der Waals surface area contributed by atoms with E-state index in [0.29, 0.717) is 12.6 Å². The molecule has 0 unspecified atom stereocenters. The Labute approximate surface area is 110 Å². The van der Waals surface area contributed by atoms with Crippen LogP contribution in [0.4, 0.5) is 0 Å². The van der Waals surface area contributed by atoms with Crippen molar-refractivity contribution in [1.29, 1.82) is 0 Å². The molecule has 0 aromatic carbocycles. The van der Waals surface area contributed by atoms with Gasteiger partial charge < -0.3 is 10.2 Å². The summed E-state index contributed by atoms with van der Waals surface area (Å²) in [5.74, 6) is 0.0595. The van der Waals surface area contributed by atoms with Crippen LogP contribution in [0, 0.1) is 0 Å². The molecule has 1 fully saturated rings. The Morgan fingerprint density at radius 1 is 1.39 bits per heavy atom. The second kappa shape index (κ2) is 5.57. The maximum absolute atomic E-state index is 11.9. The average Bonchev–Trinajstić information content (AvgIpc) is 3.01. The number of hydrogen-bond donors (Lipinski definition) is 1. The fourth-order valence-electron chi connectivity index (χ4n) is 1.73. The molecule has 1 rings (SSSR count). The summed E-state index contributed by atoms with van der Waals surface area (Å²) < 4.78 is 22.2. The van der Waals surface area contributed by atoms with E-state index >= 15 is 0 Å². The Hall–Kier alpha value is -0.620. The third-order valence-corrected chi connectivity index (χ3v) is 5.63. The molecule has 0 heterocycles. The lowest BCUT2D eigenvalue weighted by molar-refractivity contribution is -0.130. The molecule has 0 atom stereocenters. The topological polar surface area (TPSA) is 66.5 Å². The second-order valence-electron chi connectivity index (χ2n) is 5.55. The maximum atomic E-state index is 11.9. The molecular formula is C12H24N2O3S. The first kappa shape index (κ1) is 15.4. The van der Waals surface area contributed by atoms with Crippen molar-refractivity contribution in [1.82, 2.24) is 10.2 Å². The van der Waals surface area contributed by atoms with Crippen molar-refractivity contribution in [3.63, 3.8) is 0 Å². The van der Waals surface area contributed by atoms with Crippen LogP contribution in [0.2, 0.25) is 0 Å². The number of likely N-dealkylation sites (N-methyl/N-ethyl adjacent to an activating group) is 1. The van der Waals surface area contributed by atoms with Gasteiger partial charge in [0.15, 0.2) is 9.84 Å². The molecule has 6 heteroatoms. The third kappa shape index (κ3) is 3.95. The minimum Gasteiger partial charge on any atom is -0.339 e. The van der Waals surface area contributed by atoms with E-state index in [2.05, 4.69) is 5.32 Å². The summed E-state index contributed by atoms with van der Waals surface area (Å²) in [7, 11) is -3.12. The summed E-state index contributed by atoms with van der Waals surface area (Å²) in [4.78, 5) is 13.8. The van der Waals surface area contributed by atoms with Crippen LogP contribution in [0.25, 0.3) is 0 Å². The smallest absolute Gasteiger partial charge is 0.236 e. The number of hydrogen-bond acceptors (Lipinski definition) is 4. The van der Waals surface area contributed by atoms with Crippen LogP contribution in [0.1, 0.15) is 33.6 Å². The molecule has 1 aliphatic rings. The molecule has 0 aromatic heterocycles. The highest BCUT2D eigenvalue weighted by Crippen LogP contribution is 2.26. The Morgan fingerprint density at radius 2 is 1.94 bits per heavy atom. The van der Waals surface area contributed by atoms with Crippen LogP contribution in [0.15, 0.2) is 0 Å². The highest BCUT2D eigenvalue weighted by atomic mass is 32.2. The van der Waals surface area contributed by atoms with E-state index in [0.717, 1.165) is 19.4 Å². The van der Waals surface area contributed by atoms with Crippen molar-refractivity contribution in [2.24, 2.45) is 0 Å². The molecular weight excluding hydrogens is 252 g/mol. The molecule has 0 aromatic rings. The van der Waals surface area contributed by atoms with Gasteiger partial charge in [0.25, 0.3) is 0 Å². The molecule has 0 radical (unpaired) electrons. The third-order valence-electron chi connectivity index (χ3n) is 3.48. The minimum absolute atomic E-state index is 0.0595. The average molecular weight is 276 g/mol. The minimum atomic E-state index is -3.12. The number of nitrogens with one attached hydrogen (secondary N) is 1. The predicted octanol–water partition coefficient (Wildman–Crippen LogP) is 0.410. The molecule has 0 bridgehead atoms. The van der Waals surface area contributed by atoms with E-state index in [-0.39, 0.29) is 12.5 Å². The van der Waals surface area contributed by atoms with Gasteiger partial charge in [-0.2, -0.15) is 0 Å².